The van der Waals surface area contributed by atoms with Crippen LogP contribution in [-0.2, 0) is 15.5 Å². The van der Waals surface area contributed by atoms with Crippen molar-refractivity contribution < 1.29 is 8.42 Å². The van der Waals surface area contributed by atoms with Crippen LogP contribution < -0.4 is 0 Å². The molecule has 0 N–H and O–H groups in total. The maximum Gasteiger partial charge on any atom is 0.266 e. The van der Waals surface area contributed by atoms with E-state index in [4.69, 9.17) is 22.3 Å². The molecule has 2 aromatic heterocycles. The Kier molecular flexibility index (Phi) is 3.61. The van der Waals surface area contributed by atoms with Gasteiger partial charge in [-0.25, -0.2) is 18.1 Å². The van der Waals surface area contributed by atoms with E-state index < -0.39 is 9.05 Å². The van der Waals surface area contributed by atoms with E-state index in [1.165, 1.54) is 4.68 Å². The van der Waals surface area contributed by atoms with Crippen molar-refractivity contribution in [2.24, 2.45) is 0 Å². The minimum absolute atomic E-state index is 0.0550. The van der Waals surface area contributed by atoms with Crippen molar-refractivity contribution in [2.45, 2.75) is 18.2 Å². The summed E-state index contributed by atoms with van der Waals surface area (Å²) in [6.45, 7) is 1.77. The van der Waals surface area contributed by atoms with Gasteiger partial charge in [0, 0.05) is 16.9 Å². The van der Waals surface area contributed by atoms with E-state index in [2.05, 4.69) is 10.1 Å². The molecule has 0 bridgehead atoms. The summed E-state index contributed by atoms with van der Waals surface area (Å²) in [5.41, 5.74) is 0.320. The molecule has 0 aliphatic carbocycles. The van der Waals surface area contributed by atoms with Crippen LogP contribution in [0.15, 0.2) is 29.3 Å². The molecule has 0 amide bonds. The molecule has 8 heteroatoms. The Morgan fingerprint density at radius 2 is 2.11 bits per heavy atom. The number of rotatable bonds is 3. The van der Waals surface area contributed by atoms with Gasteiger partial charge in [0.15, 0.2) is 11.0 Å². The van der Waals surface area contributed by atoms with Gasteiger partial charge in [-0.15, -0.1) is 0 Å². The van der Waals surface area contributed by atoms with Crippen LogP contribution >= 0.6 is 22.3 Å². The quantitative estimate of drug-likeness (QED) is 0.817. The molecule has 2 heterocycles. The Hall–Kier alpha value is -1.11. The number of aromatic nitrogens is 3. The Morgan fingerprint density at radius 1 is 1.39 bits per heavy atom. The Labute approximate surface area is 114 Å². The van der Waals surface area contributed by atoms with Crippen molar-refractivity contribution in [2.75, 3.05) is 0 Å². The van der Waals surface area contributed by atoms with Gasteiger partial charge in [-0.05, 0) is 18.6 Å². The molecule has 2 aromatic rings. The number of pyridine rings is 1. The monoisotopic (exact) mass is 305 g/mol. The average molecular weight is 306 g/mol. The van der Waals surface area contributed by atoms with Gasteiger partial charge in [-0.3, -0.25) is 0 Å². The molecular formula is C10H9Cl2N3O2S. The minimum Gasteiger partial charge on any atom is -0.237 e. The molecule has 18 heavy (non-hydrogen) atoms. The standard InChI is InChI=1S/C10H9Cl2N3O2S/c1-2-7-9(18(12,16)17)10(11)15(14-7)8-5-3-4-6-13-8/h3-6H,2H2,1H3. The normalized spacial score (nSPS) is 11.7. The summed E-state index contributed by atoms with van der Waals surface area (Å²) in [7, 11) is 1.43. The number of halogens is 2. The zero-order valence-electron chi connectivity index (χ0n) is 9.34. The summed E-state index contributed by atoms with van der Waals surface area (Å²) in [5, 5.41) is 4.07. The molecular weight excluding hydrogens is 297 g/mol. The molecule has 0 aliphatic heterocycles. The molecule has 0 saturated heterocycles. The molecule has 0 spiro atoms. The first kappa shape index (κ1) is 13.3. The zero-order valence-corrected chi connectivity index (χ0v) is 11.7. The number of aryl methyl sites for hydroxylation is 1. The Balaban J connectivity index is 2.70. The van der Waals surface area contributed by atoms with E-state index in [0.29, 0.717) is 17.9 Å². The first-order valence-electron chi connectivity index (χ1n) is 5.08. The third-order valence-corrected chi connectivity index (χ3v) is 4.14. The largest absolute Gasteiger partial charge is 0.266 e. The van der Waals surface area contributed by atoms with Crippen molar-refractivity contribution in [1.29, 1.82) is 0 Å². The van der Waals surface area contributed by atoms with E-state index in [-0.39, 0.29) is 10.0 Å². The lowest BCUT2D eigenvalue weighted by Gasteiger charge is -2.00. The first-order chi connectivity index (χ1) is 8.45. The molecule has 0 aliphatic rings. The van der Waals surface area contributed by atoms with Crippen LogP contribution in [0.5, 0.6) is 0 Å². The van der Waals surface area contributed by atoms with Crippen molar-refractivity contribution >= 4 is 31.3 Å². The average Bonchev–Trinajstić information content (AvgIpc) is 2.67. The summed E-state index contributed by atoms with van der Waals surface area (Å²) in [5.74, 6) is 0.434. The minimum atomic E-state index is -3.93. The van der Waals surface area contributed by atoms with Crippen molar-refractivity contribution in [3.05, 3.63) is 35.2 Å². The zero-order chi connectivity index (χ0) is 13.3. The summed E-state index contributed by atoms with van der Waals surface area (Å²) in [6.07, 6.45) is 1.97. The lowest BCUT2D eigenvalue weighted by molar-refractivity contribution is 0.608. The van der Waals surface area contributed by atoms with Crippen molar-refractivity contribution in [1.82, 2.24) is 14.8 Å². The van der Waals surface area contributed by atoms with Crippen LogP contribution in [0.4, 0.5) is 0 Å². The third-order valence-electron chi connectivity index (χ3n) is 2.30. The lowest BCUT2D eigenvalue weighted by atomic mass is 10.3. The molecule has 96 valence electrons. The lowest BCUT2D eigenvalue weighted by Crippen LogP contribution is -1.99. The third kappa shape index (κ3) is 2.36. The second-order valence-corrected chi connectivity index (χ2v) is 6.32. The summed E-state index contributed by atoms with van der Waals surface area (Å²) < 4.78 is 24.2. The van der Waals surface area contributed by atoms with Gasteiger partial charge < -0.3 is 0 Å². The van der Waals surface area contributed by atoms with Crippen LogP contribution in [0.3, 0.4) is 0 Å². The highest BCUT2D eigenvalue weighted by atomic mass is 35.7. The van der Waals surface area contributed by atoms with E-state index >= 15 is 0 Å². The Morgan fingerprint density at radius 3 is 2.56 bits per heavy atom. The van der Waals surface area contributed by atoms with Crippen molar-refractivity contribution in [3.8, 4) is 5.82 Å². The van der Waals surface area contributed by atoms with E-state index in [0.717, 1.165) is 0 Å². The van der Waals surface area contributed by atoms with Gasteiger partial charge in [0.1, 0.15) is 4.90 Å². The summed E-state index contributed by atoms with van der Waals surface area (Å²) >= 11 is 6.02. The molecule has 2 rings (SSSR count). The molecule has 5 nitrogen and oxygen atoms in total. The highest BCUT2D eigenvalue weighted by Crippen LogP contribution is 2.30. The molecule has 0 saturated carbocycles. The topological polar surface area (TPSA) is 64.8 Å². The maximum absolute atomic E-state index is 11.5. The van der Waals surface area contributed by atoms with E-state index in [1.807, 2.05) is 0 Å². The molecule has 0 aromatic carbocycles. The van der Waals surface area contributed by atoms with Gasteiger partial charge in [0.25, 0.3) is 9.05 Å². The van der Waals surface area contributed by atoms with Gasteiger partial charge >= 0.3 is 0 Å². The smallest absolute Gasteiger partial charge is 0.237 e. The maximum atomic E-state index is 11.5. The van der Waals surface area contributed by atoms with E-state index in [9.17, 15) is 8.42 Å². The predicted octanol–water partition coefficient (Wildman–Crippen LogP) is 2.41. The Bertz CT molecular complexity index is 668. The number of nitrogens with zero attached hydrogens (tertiary/aromatic N) is 3. The van der Waals surface area contributed by atoms with Gasteiger partial charge in [0.05, 0.1) is 5.69 Å². The summed E-state index contributed by atoms with van der Waals surface area (Å²) in [4.78, 5) is 3.91. The van der Waals surface area contributed by atoms with Crippen LogP contribution in [0.25, 0.3) is 5.82 Å². The van der Waals surface area contributed by atoms with Gasteiger partial charge in [0.2, 0.25) is 0 Å². The molecule has 0 unspecified atom stereocenters. The number of hydrogen-bond acceptors (Lipinski definition) is 4. The highest BCUT2D eigenvalue weighted by molar-refractivity contribution is 8.13. The number of hydrogen-bond donors (Lipinski definition) is 0. The second-order valence-electron chi connectivity index (χ2n) is 3.46. The SMILES string of the molecule is CCc1nn(-c2ccccn2)c(Cl)c1S(=O)(=O)Cl. The highest BCUT2D eigenvalue weighted by Gasteiger charge is 2.26. The van der Waals surface area contributed by atoms with Gasteiger partial charge in [-0.1, -0.05) is 24.6 Å². The molecule has 0 radical (unpaired) electrons. The van der Waals surface area contributed by atoms with Crippen molar-refractivity contribution in [3.63, 3.8) is 0 Å². The first-order valence-corrected chi connectivity index (χ1v) is 7.77. The second kappa shape index (κ2) is 4.87. The van der Waals surface area contributed by atoms with Crippen LogP contribution in [0.1, 0.15) is 12.6 Å². The van der Waals surface area contributed by atoms with Gasteiger partial charge in [-0.2, -0.15) is 5.10 Å². The fourth-order valence-electron chi connectivity index (χ4n) is 1.53. The fraction of sp³-hybridized carbons (Fsp3) is 0.200. The predicted molar refractivity (Wildman–Crippen MR) is 68.8 cm³/mol. The van der Waals surface area contributed by atoms with Crippen LogP contribution in [0, 0.1) is 0 Å². The molecule has 0 atom stereocenters. The van der Waals surface area contributed by atoms with Crippen LogP contribution in [0.2, 0.25) is 5.15 Å². The molecule has 0 fully saturated rings. The van der Waals surface area contributed by atoms with E-state index in [1.54, 1.807) is 31.3 Å². The van der Waals surface area contributed by atoms with Crippen LogP contribution in [-0.4, -0.2) is 23.2 Å². The fourth-order valence-corrected chi connectivity index (χ4v) is 3.43. The summed E-state index contributed by atoms with van der Waals surface area (Å²) in [6, 6.07) is 5.16.